The van der Waals surface area contributed by atoms with E-state index in [-0.39, 0.29) is 5.56 Å². The smallest absolute Gasteiger partial charge is 0.335 e. The number of piperidine rings is 1. The van der Waals surface area contributed by atoms with Crippen molar-refractivity contribution in [1.82, 2.24) is 14.5 Å². The zero-order valence-electron chi connectivity index (χ0n) is 12.3. The second kappa shape index (κ2) is 5.85. The Hall–Kier alpha value is -1.88. The van der Waals surface area contributed by atoms with E-state index in [0.717, 1.165) is 17.6 Å². The molecule has 0 bridgehead atoms. The molecule has 1 aliphatic rings. The lowest BCUT2D eigenvalue weighted by molar-refractivity contribution is 0.0697. The summed E-state index contributed by atoms with van der Waals surface area (Å²) >= 11 is 0. The number of aromatic carboxylic acids is 1. The lowest BCUT2D eigenvalue weighted by Crippen LogP contribution is -2.39. The Labute approximate surface area is 124 Å². The summed E-state index contributed by atoms with van der Waals surface area (Å²) in [5.41, 5.74) is 2.04. The number of nitrogens with zero attached hydrogens (tertiary/aromatic N) is 3. The van der Waals surface area contributed by atoms with Crippen molar-refractivity contribution in [2.45, 2.75) is 38.8 Å². The summed E-state index contributed by atoms with van der Waals surface area (Å²) in [6.07, 6.45) is 5.74. The largest absolute Gasteiger partial charge is 0.478 e. The standard InChI is InChI=1S/C16H21N3O2/c1-12(18-7-3-2-4-8-18)10-19-11-17-14-9-13(16(20)21)5-6-15(14)19/h5-6,9,11-12H,2-4,7-8,10H2,1H3,(H,20,21). The quantitative estimate of drug-likeness (QED) is 0.939. The Balaban J connectivity index is 1.79. The Morgan fingerprint density at radius 1 is 1.33 bits per heavy atom. The van der Waals surface area contributed by atoms with Crippen molar-refractivity contribution in [2.75, 3.05) is 13.1 Å². The fourth-order valence-corrected chi connectivity index (χ4v) is 3.10. The summed E-state index contributed by atoms with van der Waals surface area (Å²) in [7, 11) is 0. The fourth-order valence-electron chi connectivity index (χ4n) is 3.10. The number of hydrogen-bond donors (Lipinski definition) is 1. The van der Waals surface area contributed by atoms with Gasteiger partial charge in [0.2, 0.25) is 0 Å². The van der Waals surface area contributed by atoms with Gasteiger partial charge in [-0.25, -0.2) is 9.78 Å². The third-order valence-corrected chi connectivity index (χ3v) is 4.34. The topological polar surface area (TPSA) is 58.4 Å². The fraction of sp³-hybridized carbons (Fsp3) is 0.500. The molecule has 1 aromatic carbocycles. The number of rotatable bonds is 4. The monoisotopic (exact) mass is 287 g/mol. The number of fused-ring (bicyclic) bond motifs is 1. The van der Waals surface area contributed by atoms with Gasteiger partial charge in [0.1, 0.15) is 0 Å². The van der Waals surface area contributed by atoms with Gasteiger partial charge in [0, 0.05) is 12.6 Å². The zero-order chi connectivity index (χ0) is 14.8. The number of benzene rings is 1. The molecular weight excluding hydrogens is 266 g/mol. The van der Waals surface area contributed by atoms with Gasteiger partial charge in [-0.2, -0.15) is 0 Å². The Bertz CT molecular complexity index is 644. The highest BCUT2D eigenvalue weighted by Gasteiger charge is 2.18. The van der Waals surface area contributed by atoms with E-state index in [1.54, 1.807) is 12.1 Å². The summed E-state index contributed by atoms with van der Waals surface area (Å²) < 4.78 is 2.13. The maximum absolute atomic E-state index is 11.0. The van der Waals surface area contributed by atoms with Gasteiger partial charge in [-0.15, -0.1) is 0 Å². The van der Waals surface area contributed by atoms with Crippen LogP contribution in [0, 0.1) is 0 Å². The van der Waals surface area contributed by atoms with Crippen molar-refractivity contribution in [3.63, 3.8) is 0 Å². The number of likely N-dealkylation sites (tertiary alicyclic amines) is 1. The highest BCUT2D eigenvalue weighted by Crippen LogP contribution is 2.18. The zero-order valence-corrected chi connectivity index (χ0v) is 12.3. The van der Waals surface area contributed by atoms with Crippen LogP contribution in [0.3, 0.4) is 0 Å². The first kappa shape index (κ1) is 14.1. The second-order valence-corrected chi connectivity index (χ2v) is 5.85. The summed E-state index contributed by atoms with van der Waals surface area (Å²) in [5.74, 6) is -0.909. The maximum atomic E-state index is 11.0. The van der Waals surface area contributed by atoms with Gasteiger partial charge in [-0.1, -0.05) is 6.42 Å². The Morgan fingerprint density at radius 3 is 2.81 bits per heavy atom. The molecule has 0 spiro atoms. The molecule has 1 N–H and O–H groups in total. The van der Waals surface area contributed by atoms with Crippen molar-refractivity contribution < 1.29 is 9.90 Å². The molecule has 1 aromatic heterocycles. The van der Waals surface area contributed by atoms with E-state index in [1.165, 1.54) is 32.4 Å². The molecule has 0 aliphatic carbocycles. The average molecular weight is 287 g/mol. The van der Waals surface area contributed by atoms with Gasteiger partial charge >= 0.3 is 5.97 Å². The summed E-state index contributed by atoms with van der Waals surface area (Å²) in [6.45, 7) is 5.50. The van der Waals surface area contributed by atoms with Crippen LogP contribution >= 0.6 is 0 Å². The van der Waals surface area contributed by atoms with Gasteiger partial charge in [-0.05, 0) is 51.1 Å². The number of hydrogen-bond acceptors (Lipinski definition) is 3. The molecule has 112 valence electrons. The predicted octanol–water partition coefficient (Wildman–Crippen LogP) is 2.61. The molecule has 0 radical (unpaired) electrons. The van der Waals surface area contributed by atoms with Crippen LogP contribution in [0.25, 0.3) is 11.0 Å². The minimum atomic E-state index is -0.909. The lowest BCUT2D eigenvalue weighted by atomic mass is 10.1. The van der Waals surface area contributed by atoms with Gasteiger partial charge < -0.3 is 9.67 Å². The van der Waals surface area contributed by atoms with Crippen molar-refractivity contribution in [3.8, 4) is 0 Å². The van der Waals surface area contributed by atoms with Crippen LogP contribution in [-0.4, -0.2) is 44.7 Å². The SMILES string of the molecule is CC(Cn1cnc2cc(C(=O)O)ccc21)N1CCCCC1. The number of aromatic nitrogens is 2. The number of carbonyl (C=O) groups is 1. The normalized spacial score (nSPS) is 18.0. The van der Waals surface area contributed by atoms with E-state index < -0.39 is 5.97 Å². The van der Waals surface area contributed by atoms with Crippen LogP contribution < -0.4 is 0 Å². The Kier molecular flexibility index (Phi) is 3.92. The summed E-state index contributed by atoms with van der Waals surface area (Å²) in [6, 6.07) is 5.62. The molecule has 21 heavy (non-hydrogen) atoms. The molecule has 5 heteroatoms. The van der Waals surface area contributed by atoms with Crippen LogP contribution in [0.15, 0.2) is 24.5 Å². The van der Waals surface area contributed by atoms with Crippen molar-refractivity contribution in [2.24, 2.45) is 0 Å². The minimum Gasteiger partial charge on any atom is -0.478 e. The van der Waals surface area contributed by atoms with E-state index in [4.69, 9.17) is 5.11 Å². The molecule has 0 saturated carbocycles. The maximum Gasteiger partial charge on any atom is 0.335 e. The first-order chi connectivity index (χ1) is 10.1. The van der Waals surface area contributed by atoms with E-state index in [9.17, 15) is 4.79 Å². The molecule has 1 fully saturated rings. The predicted molar refractivity (Wildman–Crippen MR) is 81.6 cm³/mol. The summed E-state index contributed by atoms with van der Waals surface area (Å²) in [4.78, 5) is 17.9. The highest BCUT2D eigenvalue weighted by atomic mass is 16.4. The molecule has 5 nitrogen and oxygen atoms in total. The molecule has 0 amide bonds. The molecule has 1 atom stereocenters. The third-order valence-electron chi connectivity index (χ3n) is 4.34. The van der Waals surface area contributed by atoms with Crippen LogP contribution in [0.4, 0.5) is 0 Å². The van der Waals surface area contributed by atoms with Crippen LogP contribution in [0.1, 0.15) is 36.5 Å². The van der Waals surface area contributed by atoms with E-state index >= 15 is 0 Å². The van der Waals surface area contributed by atoms with Crippen molar-refractivity contribution in [3.05, 3.63) is 30.1 Å². The summed E-state index contributed by atoms with van der Waals surface area (Å²) in [5, 5.41) is 9.03. The third kappa shape index (κ3) is 2.93. The van der Waals surface area contributed by atoms with Gasteiger partial charge in [0.25, 0.3) is 0 Å². The lowest BCUT2D eigenvalue weighted by Gasteiger charge is -2.32. The minimum absolute atomic E-state index is 0.289. The highest BCUT2D eigenvalue weighted by molar-refractivity contribution is 5.92. The van der Waals surface area contributed by atoms with Crippen LogP contribution in [0.2, 0.25) is 0 Å². The Morgan fingerprint density at radius 2 is 2.10 bits per heavy atom. The first-order valence-electron chi connectivity index (χ1n) is 7.57. The van der Waals surface area contributed by atoms with Crippen molar-refractivity contribution in [1.29, 1.82) is 0 Å². The number of carboxylic acids is 1. The van der Waals surface area contributed by atoms with E-state index in [0.29, 0.717) is 6.04 Å². The molecular formula is C16H21N3O2. The van der Waals surface area contributed by atoms with Gasteiger partial charge in [0.05, 0.1) is 22.9 Å². The molecule has 1 saturated heterocycles. The van der Waals surface area contributed by atoms with E-state index in [2.05, 4.69) is 21.4 Å². The molecule has 2 aromatic rings. The average Bonchev–Trinajstić information content (AvgIpc) is 2.90. The number of imidazole rings is 1. The van der Waals surface area contributed by atoms with Crippen LogP contribution in [-0.2, 0) is 6.54 Å². The van der Waals surface area contributed by atoms with Gasteiger partial charge in [-0.3, -0.25) is 4.90 Å². The van der Waals surface area contributed by atoms with Gasteiger partial charge in [0.15, 0.2) is 0 Å². The van der Waals surface area contributed by atoms with E-state index in [1.807, 2.05) is 12.4 Å². The molecule has 2 heterocycles. The van der Waals surface area contributed by atoms with Crippen LogP contribution in [0.5, 0.6) is 0 Å². The molecule has 1 aliphatic heterocycles. The second-order valence-electron chi connectivity index (χ2n) is 5.85. The first-order valence-corrected chi connectivity index (χ1v) is 7.57. The number of carboxylic acid groups (broad SMARTS) is 1. The molecule has 3 rings (SSSR count). The van der Waals surface area contributed by atoms with Crippen molar-refractivity contribution >= 4 is 17.0 Å². The molecule has 1 unspecified atom stereocenters.